The molecule has 0 fully saturated rings. The van der Waals surface area contributed by atoms with E-state index in [9.17, 15) is 9.59 Å². The van der Waals surface area contributed by atoms with E-state index in [1.165, 1.54) is 0 Å². The second-order valence-electron chi connectivity index (χ2n) is 5.96. The molecule has 1 heterocycles. The number of aryl methyl sites for hydroxylation is 1. The fourth-order valence-corrected chi connectivity index (χ4v) is 2.40. The minimum absolute atomic E-state index is 0.0502. The van der Waals surface area contributed by atoms with Crippen molar-refractivity contribution in [3.05, 3.63) is 53.6 Å². The second-order valence-corrected chi connectivity index (χ2v) is 5.96. The van der Waals surface area contributed by atoms with Gasteiger partial charge in [0.25, 0.3) is 11.8 Å². The molecule has 0 saturated heterocycles. The van der Waals surface area contributed by atoms with Gasteiger partial charge in [0.15, 0.2) is 12.7 Å². The van der Waals surface area contributed by atoms with Gasteiger partial charge in [0.1, 0.15) is 11.5 Å². The van der Waals surface area contributed by atoms with Gasteiger partial charge in [0.2, 0.25) is 0 Å². The number of rotatable bonds is 5. The van der Waals surface area contributed by atoms with Crippen LogP contribution in [0.4, 0.5) is 5.69 Å². The van der Waals surface area contributed by atoms with Crippen LogP contribution in [0.15, 0.2) is 42.5 Å². The van der Waals surface area contributed by atoms with Crippen molar-refractivity contribution in [3.8, 4) is 11.5 Å². The third-order valence-corrected chi connectivity index (χ3v) is 3.86. The van der Waals surface area contributed by atoms with Crippen LogP contribution in [0.3, 0.4) is 0 Å². The van der Waals surface area contributed by atoms with Gasteiger partial charge in [-0.2, -0.15) is 0 Å². The standard InChI is InChI=1S/C19H20N2O4/c1-12-3-6-15(7-4-12)24-11-18(22)20-10-14-5-8-17-16(9-14)21-19(23)13(2)25-17/h3-9,13H,10-11H2,1-2H3,(H,20,22)(H,21,23). The van der Waals surface area contributed by atoms with E-state index < -0.39 is 6.10 Å². The number of amides is 2. The topological polar surface area (TPSA) is 76.7 Å². The van der Waals surface area contributed by atoms with Gasteiger partial charge in [-0.15, -0.1) is 0 Å². The van der Waals surface area contributed by atoms with E-state index in [2.05, 4.69) is 10.6 Å². The second kappa shape index (κ2) is 7.25. The van der Waals surface area contributed by atoms with Crippen molar-refractivity contribution >= 4 is 17.5 Å². The Morgan fingerprint density at radius 2 is 2.00 bits per heavy atom. The lowest BCUT2D eigenvalue weighted by molar-refractivity contribution is -0.123. The van der Waals surface area contributed by atoms with Crippen molar-refractivity contribution in [1.29, 1.82) is 0 Å². The maximum Gasteiger partial charge on any atom is 0.265 e. The first kappa shape index (κ1) is 16.8. The summed E-state index contributed by atoms with van der Waals surface area (Å²) in [6, 6.07) is 12.9. The summed E-state index contributed by atoms with van der Waals surface area (Å²) in [7, 11) is 0. The highest BCUT2D eigenvalue weighted by atomic mass is 16.5. The Balaban J connectivity index is 1.51. The van der Waals surface area contributed by atoms with Crippen molar-refractivity contribution < 1.29 is 19.1 Å². The van der Waals surface area contributed by atoms with Gasteiger partial charge in [0, 0.05) is 6.54 Å². The predicted molar refractivity (Wildman–Crippen MR) is 93.7 cm³/mol. The lowest BCUT2D eigenvalue weighted by Gasteiger charge is -2.23. The van der Waals surface area contributed by atoms with Gasteiger partial charge in [-0.3, -0.25) is 9.59 Å². The minimum atomic E-state index is -0.503. The number of carbonyl (C=O) groups excluding carboxylic acids is 2. The number of anilines is 1. The molecule has 2 aromatic carbocycles. The van der Waals surface area contributed by atoms with E-state index in [1.807, 2.05) is 37.3 Å². The van der Waals surface area contributed by atoms with E-state index in [0.29, 0.717) is 23.7 Å². The van der Waals surface area contributed by atoms with Crippen molar-refractivity contribution in [1.82, 2.24) is 5.32 Å². The molecule has 6 nitrogen and oxygen atoms in total. The third-order valence-electron chi connectivity index (χ3n) is 3.86. The van der Waals surface area contributed by atoms with Crippen LogP contribution in [0.5, 0.6) is 11.5 Å². The fraction of sp³-hybridized carbons (Fsp3) is 0.263. The molecule has 0 bridgehead atoms. The average molecular weight is 340 g/mol. The fourth-order valence-electron chi connectivity index (χ4n) is 2.40. The van der Waals surface area contributed by atoms with Crippen LogP contribution in [0.1, 0.15) is 18.1 Å². The Morgan fingerprint density at radius 3 is 2.76 bits per heavy atom. The summed E-state index contributed by atoms with van der Waals surface area (Å²) in [5.41, 5.74) is 2.61. The largest absolute Gasteiger partial charge is 0.484 e. The molecular formula is C19H20N2O4. The van der Waals surface area contributed by atoms with Crippen LogP contribution in [0.25, 0.3) is 0 Å². The van der Waals surface area contributed by atoms with Gasteiger partial charge in [-0.25, -0.2) is 0 Å². The van der Waals surface area contributed by atoms with Gasteiger partial charge >= 0.3 is 0 Å². The number of hydrogen-bond donors (Lipinski definition) is 2. The third kappa shape index (κ3) is 4.29. The minimum Gasteiger partial charge on any atom is -0.484 e. The molecule has 6 heteroatoms. The Hall–Kier alpha value is -3.02. The molecule has 0 aliphatic carbocycles. The molecule has 0 aromatic heterocycles. The van der Waals surface area contributed by atoms with E-state index in [-0.39, 0.29) is 18.4 Å². The summed E-state index contributed by atoms with van der Waals surface area (Å²) in [6.07, 6.45) is -0.503. The van der Waals surface area contributed by atoms with Gasteiger partial charge in [-0.1, -0.05) is 23.8 Å². The molecule has 130 valence electrons. The Bertz CT molecular complexity index is 787. The van der Waals surface area contributed by atoms with Crippen molar-refractivity contribution in [2.45, 2.75) is 26.5 Å². The molecular weight excluding hydrogens is 320 g/mol. The summed E-state index contributed by atoms with van der Waals surface area (Å²) < 4.78 is 10.9. The molecule has 1 unspecified atom stereocenters. The SMILES string of the molecule is Cc1ccc(OCC(=O)NCc2ccc3c(c2)NC(=O)C(C)O3)cc1. The van der Waals surface area contributed by atoms with Gasteiger partial charge < -0.3 is 20.1 Å². The van der Waals surface area contributed by atoms with E-state index in [1.54, 1.807) is 19.1 Å². The van der Waals surface area contributed by atoms with Crippen LogP contribution in [0.2, 0.25) is 0 Å². The average Bonchev–Trinajstić information content (AvgIpc) is 2.60. The first-order valence-corrected chi connectivity index (χ1v) is 8.08. The van der Waals surface area contributed by atoms with Crippen LogP contribution in [-0.2, 0) is 16.1 Å². The molecule has 25 heavy (non-hydrogen) atoms. The summed E-state index contributed by atoms with van der Waals surface area (Å²) in [4.78, 5) is 23.6. The highest BCUT2D eigenvalue weighted by molar-refractivity contribution is 5.97. The molecule has 2 aromatic rings. The monoisotopic (exact) mass is 340 g/mol. The predicted octanol–water partition coefficient (Wildman–Crippen LogP) is 2.41. The zero-order valence-electron chi connectivity index (χ0n) is 14.2. The number of nitrogens with one attached hydrogen (secondary N) is 2. The maximum atomic E-state index is 11.9. The Labute approximate surface area is 146 Å². The molecule has 0 spiro atoms. The highest BCUT2D eigenvalue weighted by Gasteiger charge is 2.23. The Morgan fingerprint density at radius 1 is 1.24 bits per heavy atom. The number of fused-ring (bicyclic) bond motifs is 1. The van der Waals surface area contributed by atoms with Gasteiger partial charge in [0.05, 0.1) is 5.69 Å². The summed E-state index contributed by atoms with van der Waals surface area (Å²) >= 11 is 0. The summed E-state index contributed by atoms with van der Waals surface area (Å²) in [5, 5.41) is 5.58. The number of benzene rings is 2. The number of carbonyl (C=O) groups is 2. The molecule has 1 aliphatic rings. The number of ether oxygens (including phenoxy) is 2. The molecule has 3 rings (SSSR count). The summed E-state index contributed by atoms with van der Waals surface area (Å²) in [6.45, 7) is 3.98. The van der Waals surface area contributed by atoms with E-state index in [0.717, 1.165) is 11.1 Å². The van der Waals surface area contributed by atoms with E-state index in [4.69, 9.17) is 9.47 Å². The molecule has 1 aliphatic heterocycles. The molecule has 0 saturated carbocycles. The van der Waals surface area contributed by atoms with Crippen LogP contribution in [-0.4, -0.2) is 24.5 Å². The lowest BCUT2D eigenvalue weighted by Crippen LogP contribution is -2.34. The Kier molecular flexibility index (Phi) is 4.88. The quantitative estimate of drug-likeness (QED) is 0.876. The van der Waals surface area contributed by atoms with Gasteiger partial charge in [-0.05, 0) is 43.7 Å². The number of hydrogen-bond acceptors (Lipinski definition) is 4. The van der Waals surface area contributed by atoms with Crippen LogP contribution in [0, 0.1) is 6.92 Å². The van der Waals surface area contributed by atoms with Crippen LogP contribution >= 0.6 is 0 Å². The molecule has 1 atom stereocenters. The van der Waals surface area contributed by atoms with Crippen molar-refractivity contribution in [3.63, 3.8) is 0 Å². The lowest BCUT2D eigenvalue weighted by atomic mass is 10.1. The normalized spacial score (nSPS) is 15.6. The highest BCUT2D eigenvalue weighted by Crippen LogP contribution is 2.30. The maximum absolute atomic E-state index is 11.9. The van der Waals surface area contributed by atoms with Crippen molar-refractivity contribution in [2.24, 2.45) is 0 Å². The molecule has 2 amide bonds. The zero-order chi connectivity index (χ0) is 17.8. The zero-order valence-corrected chi connectivity index (χ0v) is 14.2. The smallest absolute Gasteiger partial charge is 0.265 e. The molecule has 2 N–H and O–H groups in total. The first-order chi connectivity index (χ1) is 12.0. The van der Waals surface area contributed by atoms with Crippen LogP contribution < -0.4 is 20.1 Å². The van der Waals surface area contributed by atoms with E-state index >= 15 is 0 Å². The molecule has 0 radical (unpaired) electrons. The first-order valence-electron chi connectivity index (χ1n) is 8.08. The van der Waals surface area contributed by atoms with Crippen molar-refractivity contribution in [2.75, 3.05) is 11.9 Å². The summed E-state index contributed by atoms with van der Waals surface area (Å²) in [5.74, 6) is 0.890.